The minimum absolute atomic E-state index is 0.458. The van der Waals surface area contributed by atoms with Gasteiger partial charge in [-0.25, -0.2) is 0 Å². The van der Waals surface area contributed by atoms with Gasteiger partial charge in [0, 0.05) is 0 Å². The van der Waals surface area contributed by atoms with Crippen molar-refractivity contribution in [1.29, 1.82) is 0 Å². The SMILES string of the molecule is [B]CCCC[C@@](N)(CCNCC(C)C)C(=O)O. The molecule has 4 nitrogen and oxygen atoms in total. The van der Waals surface area contributed by atoms with E-state index in [-0.39, 0.29) is 0 Å². The molecular weight excluding hydrogens is 215 g/mol. The second-order valence-electron chi connectivity index (χ2n) is 5.06. The number of carbonyl (C=O) groups is 1. The van der Waals surface area contributed by atoms with Gasteiger partial charge in [0.15, 0.2) is 0 Å². The highest BCUT2D eigenvalue weighted by Crippen LogP contribution is 2.16. The normalized spacial score (nSPS) is 14.8. The van der Waals surface area contributed by atoms with E-state index in [2.05, 4.69) is 19.2 Å². The molecule has 0 bridgehead atoms. The highest BCUT2D eigenvalue weighted by atomic mass is 16.4. The Morgan fingerprint density at radius 3 is 2.53 bits per heavy atom. The summed E-state index contributed by atoms with van der Waals surface area (Å²) < 4.78 is 0. The molecule has 0 heterocycles. The largest absolute Gasteiger partial charge is 0.480 e. The van der Waals surface area contributed by atoms with Gasteiger partial charge in [-0.2, -0.15) is 0 Å². The molecule has 0 saturated carbocycles. The lowest BCUT2D eigenvalue weighted by molar-refractivity contribution is -0.143. The van der Waals surface area contributed by atoms with E-state index in [1.807, 2.05) is 0 Å². The number of carboxylic acid groups (broad SMARTS) is 1. The smallest absolute Gasteiger partial charge is 0.323 e. The van der Waals surface area contributed by atoms with Crippen molar-refractivity contribution in [3.63, 3.8) is 0 Å². The third kappa shape index (κ3) is 7.39. The Morgan fingerprint density at radius 2 is 2.06 bits per heavy atom. The van der Waals surface area contributed by atoms with Crippen molar-refractivity contribution in [1.82, 2.24) is 5.32 Å². The summed E-state index contributed by atoms with van der Waals surface area (Å²) in [6.45, 7) is 5.75. The van der Waals surface area contributed by atoms with Crippen LogP contribution in [0.4, 0.5) is 0 Å². The third-order valence-corrected chi connectivity index (χ3v) is 2.80. The summed E-state index contributed by atoms with van der Waals surface area (Å²) in [5, 5.41) is 12.4. The summed E-state index contributed by atoms with van der Waals surface area (Å²) in [6, 6.07) is 0. The molecule has 0 aliphatic heterocycles. The van der Waals surface area contributed by atoms with Crippen molar-refractivity contribution >= 4 is 13.8 Å². The zero-order valence-electron chi connectivity index (χ0n) is 11.0. The molecule has 0 amide bonds. The van der Waals surface area contributed by atoms with E-state index in [1.165, 1.54) is 0 Å². The van der Waals surface area contributed by atoms with Crippen LogP contribution in [0.3, 0.4) is 0 Å². The lowest BCUT2D eigenvalue weighted by atomic mass is 9.88. The van der Waals surface area contributed by atoms with Crippen LogP contribution in [0, 0.1) is 5.92 Å². The maximum absolute atomic E-state index is 11.2. The Labute approximate surface area is 106 Å². The molecule has 0 aromatic heterocycles. The molecule has 0 saturated heterocycles. The van der Waals surface area contributed by atoms with Crippen LogP contribution in [0.15, 0.2) is 0 Å². The van der Waals surface area contributed by atoms with E-state index in [9.17, 15) is 4.79 Å². The second-order valence-corrected chi connectivity index (χ2v) is 5.06. The average Bonchev–Trinajstić information content (AvgIpc) is 2.24. The quantitative estimate of drug-likeness (QED) is 0.395. The average molecular weight is 240 g/mol. The van der Waals surface area contributed by atoms with Crippen LogP contribution in [-0.2, 0) is 4.79 Å². The first kappa shape index (κ1) is 16.5. The summed E-state index contributed by atoms with van der Waals surface area (Å²) in [5.74, 6) is -0.356. The van der Waals surface area contributed by atoms with Crippen LogP contribution < -0.4 is 11.1 Å². The first-order valence-corrected chi connectivity index (χ1v) is 6.35. The fraction of sp³-hybridized carbons (Fsp3) is 0.917. The van der Waals surface area contributed by atoms with Crippen LogP contribution in [0.2, 0.25) is 6.32 Å². The lowest BCUT2D eigenvalue weighted by Gasteiger charge is -2.25. The minimum atomic E-state index is -1.11. The summed E-state index contributed by atoms with van der Waals surface area (Å²) in [6.07, 6.45) is 3.12. The first-order chi connectivity index (χ1) is 7.92. The third-order valence-electron chi connectivity index (χ3n) is 2.80. The predicted octanol–water partition coefficient (Wildman–Crippen LogP) is 1.16. The molecule has 0 unspecified atom stereocenters. The summed E-state index contributed by atoms with van der Waals surface area (Å²) in [4.78, 5) is 11.2. The maximum Gasteiger partial charge on any atom is 0.323 e. The van der Waals surface area contributed by atoms with Gasteiger partial charge in [0.1, 0.15) is 5.54 Å². The topological polar surface area (TPSA) is 75.3 Å². The van der Waals surface area contributed by atoms with Gasteiger partial charge in [-0.3, -0.25) is 4.79 Å². The Kier molecular flexibility index (Phi) is 8.26. The molecule has 98 valence electrons. The van der Waals surface area contributed by atoms with Crippen LogP contribution in [0.1, 0.15) is 39.5 Å². The van der Waals surface area contributed by atoms with Gasteiger partial charge >= 0.3 is 5.97 Å². The van der Waals surface area contributed by atoms with E-state index in [0.717, 1.165) is 19.4 Å². The molecule has 5 heteroatoms. The highest BCUT2D eigenvalue weighted by Gasteiger charge is 2.32. The van der Waals surface area contributed by atoms with E-state index >= 15 is 0 Å². The van der Waals surface area contributed by atoms with Crippen molar-refractivity contribution in [3.8, 4) is 0 Å². The number of carboxylic acids is 1. The maximum atomic E-state index is 11.2. The molecule has 0 aromatic carbocycles. The standard InChI is InChI=1S/C12H25BN2O2/c1-10(2)9-15-8-6-12(14,11(16)17)5-3-4-7-13/h10,15H,3-9,14H2,1-2H3,(H,16,17)/t12-/m1/s1. The van der Waals surface area contributed by atoms with Crippen molar-refractivity contribution in [3.05, 3.63) is 0 Å². The molecule has 0 spiro atoms. The van der Waals surface area contributed by atoms with E-state index in [4.69, 9.17) is 18.7 Å². The van der Waals surface area contributed by atoms with Gasteiger partial charge in [-0.15, -0.1) is 0 Å². The Bertz CT molecular complexity index is 225. The van der Waals surface area contributed by atoms with Crippen LogP contribution in [-0.4, -0.2) is 37.6 Å². The number of unbranched alkanes of at least 4 members (excludes halogenated alkanes) is 1. The summed E-state index contributed by atoms with van der Waals surface area (Å²) >= 11 is 0. The first-order valence-electron chi connectivity index (χ1n) is 6.35. The molecule has 0 aliphatic rings. The number of hydrogen-bond donors (Lipinski definition) is 3. The van der Waals surface area contributed by atoms with Gasteiger partial charge in [0.05, 0.1) is 7.85 Å². The summed E-state index contributed by atoms with van der Waals surface area (Å²) in [7, 11) is 5.39. The monoisotopic (exact) mass is 240 g/mol. The molecule has 2 radical (unpaired) electrons. The van der Waals surface area contributed by atoms with Crippen LogP contribution in [0.25, 0.3) is 0 Å². The Morgan fingerprint density at radius 1 is 1.41 bits per heavy atom. The lowest BCUT2D eigenvalue weighted by Crippen LogP contribution is -2.49. The van der Waals surface area contributed by atoms with Gasteiger partial charge in [0.2, 0.25) is 0 Å². The van der Waals surface area contributed by atoms with Crippen molar-refractivity contribution in [2.45, 2.75) is 51.4 Å². The van der Waals surface area contributed by atoms with Gasteiger partial charge in [0.25, 0.3) is 0 Å². The molecule has 17 heavy (non-hydrogen) atoms. The summed E-state index contributed by atoms with van der Waals surface area (Å²) in [5.41, 5.74) is 4.81. The fourth-order valence-electron chi connectivity index (χ4n) is 1.63. The van der Waals surface area contributed by atoms with E-state index in [0.29, 0.717) is 31.6 Å². The highest BCUT2D eigenvalue weighted by molar-refractivity contribution is 6.08. The Hall–Kier alpha value is -0.545. The van der Waals surface area contributed by atoms with Crippen LogP contribution in [0.5, 0.6) is 0 Å². The molecule has 0 aliphatic carbocycles. The minimum Gasteiger partial charge on any atom is -0.480 e. The van der Waals surface area contributed by atoms with Crippen molar-refractivity contribution in [2.24, 2.45) is 11.7 Å². The number of aliphatic carboxylic acids is 1. The predicted molar refractivity (Wildman–Crippen MR) is 71.3 cm³/mol. The number of nitrogens with one attached hydrogen (secondary N) is 1. The van der Waals surface area contributed by atoms with E-state index < -0.39 is 11.5 Å². The van der Waals surface area contributed by atoms with Crippen molar-refractivity contribution < 1.29 is 9.90 Å². The van der Waals surface area contributed by atoms with E-state index in [1.54, 1.807) is 0 Å². The molecule has 4 N–H and O–H groups in total. The second kappa shape index (κ2) is 8.53. The number of nitrogens with two attached hydrogens (primary N) is 1. The van der Waals surface area contributed by atoms with Crippen LogP contribution >= 0.6 is 0 Å². The molecule has 1 atom stereocenters. The van der Waals surface area contributed by atoms with Crippen molar-refractivity contribution in [2.75, 3.05) is 13.1 Å². The number of rotatable bonds is 10. The Balaban J connectivity index is 3.99. The molecule has 0 fully saturated rings. The van der Waals surface area contributed by atoms with Gasteiger partial charge in [-0.05, 0) is 31.8 Å². The van der Waals surface area contributed by atoms with Gasteiger partial charge < -0.3 is 16.2 Å². The number of hydrogen-bond acceptors (Lipinski definition) is 3. The molecule has 0 aromatic rings. The zero-order chi connectivity index (χ0) is 13.3. The fourth-order valence-corrected chi connectivity index (χ4v) is 1.63. The molecular formula is C12H25BN2O2. The molecule has 0 rings (SSSR count). The van der Waals surface area contributed by atoms with Gasteiger partial charge in [-0.1, -0.05) is 33.0 Å². The zero-order valence-corrected chi connectivity index (χ0v) is 11.0.